The molecule has 0 saturated carbocycles. The molecule has 0 saturated heterocycles. The fraction of sp³-hybridized carbons (Fsp3) is 0.211. The zero-order valence-electron chi connectivity index (χ0n) is 15.8. The summed E-state index contributed by atoms with van der Waals surface area (Å²) in [6.07, 6.45) is -0.110. The lowest BCUT2D eigenvalue weighted by Crippen LogP contribution is -2.67. The van der Waals surface area contributed by atoms with Crippen LogP contribution in [0.25, 0.3) is 10.2 Å². The van der Waals surface area contributed by atoms with E-state index in [1.807, 2.05) is 17.0 Å². The number of nitrogens with two attached hydrogens (primary N) is 2. The SMILES string of the molecule is CN1c2ccc(C(=O)O)cc2NC1(Nc1nc2ccc(Cl)cc2s1)C(N)CC(N)=O. The summed E-state index contributed by atoms with van der Waals surface area (Å²) in [5.74, 6) is -2.76. The molecule has 2 heterocycles. The van der Waals surface area contributed by atoms with Crippen LogP contribution in [-0.4, -0.2) is 40.8 Å². The largest absolute Gasteiger partial charge is 0.478 e. The van der Waals surface area contributed by atoms with Gasteiger partial charge in [0.25, 0.3) is 0 Å². The van der Waals surface area contributed by atoms with Crippen LogP contribution in [-0.2, 0) is 4.79 Å². The lowest BCUT2D eigenvalue weighted by atomic mass is 10.1. The highest BCUT2D eigenvalue weighted by atomic mass is 35.5. The molecule has 7 N–H and O–H groups in total. The highest BCUT2D eigenvalue weighted by Gasteiger charge is 2.48. The molecule has 0 bridgehead atoms. The average molecular weight is 447 g/mol. The summed E-state index contributed by atoms with van der Waals surface area (Å²) in [4.78, 5) is 29.4. The Labute approximate surface area is 180 Å². The quantitative estimate of drug-likeness (QED) is 0.388. The number of nitrogens with one attached hydrogen (secondary N) is 2. The molecule has 1 aliphatic rings. The number of likely N-dealkylation sites (N-methyl/N-ethyl adjacent to an activating group) is 1. The van der Waals surface area contributed by atoms with Gasteiger partial charge < -0.3 is 32.1 Å². The minimum atomic E-state index is -1.16. The summed E-state index contributed by atoms with van der Waals surface area (Å²) >= 11 is 7.46. The summed E-state index contributed by atoms with van der Waals surface area (Å²) in [5.41, 5.74) is 14.0. The number of carbonyl (C=O) groups is 2. The van der Waals surface area contributed by atoms with Crippen LogP contribution in [0, 0.1) is 0 Å². The Morgan fingerprint density at radius 3 is 2.83 bits per heavy atom. The minimum Gasteiger partial charge on any atom is -0.478 e. The second-order valence-corrected chi connectivity index (χ2v) is 8.49. The lowest BCUT2D eigenvalue weighted by molar-refractivity contribution is -0.118. The van der Waals surface area contributed by atoms with Gasteiger partial charge in [0.05, 0.1) is 33.2 Å². The van der Waals surface area contributed by atoms with Crippen LogP contribution in [0.3, 0.4) is 0 Å². The maximum Gasteiger partial charge on any atom is 0.335 e. The van der Waals surface area contributed by atoms with Crippen molar-refractivity contribution in [1.29, 1.82) is 0 Å². The summed E-state index contributed by atoms with van der Waals surface area (Å²) in [7, 11) is 1.79. The highest BCUT2D eigenvalue weighted by Crippen LogP contribution is 2.42. The van der Waals surface area contributed by atoms with Crippen LogP contribution in [0.4, 0.5) is 16.5 Å². The summed E-state index contributed by atoms with van der Waals surface area (Å²) in [6, 6.07) is 9.32. The highest BCUT2D eigenvalue weighted by molar-refractivity contribution is 7.22. The van der Waals surface area contributed by atoms with E-state index in [-0.39, 0.29) is 12.0 Å². The van der Waals surface area contributed by atoms with Gasteiger partial charge in [-0.25, -0.2) is 9.78 Å². The van der Waals surface area contributed by atoms with Crippen molar-refractivity contribution in [3.05, 3.63) is 47.0 Å². The predicted molar refractivity (Wildman–Crippen MR) is 118 cm³/mol. The molecule has 9 nitrogen and oxygen atoms in total. The number of carbonyl (C=O) groups excluding carboxylic acids is 1. The van der Waals surface area contributed by atoms with E-state index in [0.717, 1.165) is 15.9 Å². The van der Waals surface area contributed by atoms with Crippen LogP contribution >= 0.6 is 22.9 Å². The van der Waals surface area contributed by atoms with Gasteiger partial charge in [-0.15, -0.1) is 0 Å². The van der Waals surface area contributed by atoms with Crippen molar-refractivity contribution in [2.24, 2.45) is 11.5 Å². The monoisotopic (exact) mass is 446 g/mol. The maximum absolute atomic E-state index is 11.6. The third-order valence-corrected chi connectivity index (χ3v) is 6.23. The predicted octanol–water partition coefficient (Wildman–Crippen LogP) is 2.48. The molecule has 0 spiro atoms. The first-order valence-electron chi connectivity index (χ1n) is 8.97. The Morgan fingerprint density at radius 1 is 1.37 bits per heavy atom. The molecule has 1 amide bonds. The van der Waals surface area contributed by atoms with E-state index >= 15 is 0 Å². The molecule has 1 aromatic heterocycles. The number of primary amides is 1. The number of anilines is 3. The van der Waals surface area contributed by atoms with Crippen LogP contribution in [0.1, 0.15) is 16.8 Å². The van der Waals surface area contributed by atoms with Crippen LogP contribution in [0.15, 0.2) is 36.4 Å². The van der Waals surface area contributed by atoms with Crippen molar-refractivity contribution in [2.75, 3.05) is 22.6 Å². The molecule has 156 valence electrons. The van der Waals surface area contributed by atoms with Crippen molar-refractivity contribution < 1.29 is 14.7 Å². The molecule has 0 aliphatic carbocycles. The summed E-state index contributed by atoms with van der Waals surface area (Å²) in [5, 5.41) is 17.0. The van der Waals surface area contributed by atoms with Gasteiger partial charge in [-0.2, -0.15) is 0 Å². The van der Waals surface area contributed by atoms with E-state index in [0.29, 0.717) is 15.8 Å². The molecule has 2 unspecified atom stereocenters. The second-order valence-electron chi connectivity index (χ2n) is 7.02. The summed E-state index contributed by atoms with van der Waals surface area (Å²) in [6.45, 7) is 0. The molecule has 2 aromatic carbocycles. The van der Waals surface area contributed by atoms with Crippen molar-refractivity contribution in [3.63, 3.8) is 0 Å². The fourth-order valence-corrected chi connectivity index (χ4v) is 4.77. The molecular weight excluding hydrogens is 428 g/mol. The third kappa shape index (κ3) is 3.38. The number of amides is 1. The number of fused-ring (bicyclic) bond motifs is 2. The van der Waals surface area contributed by atoms with Crippen LogP contribution < -0.4 is 27.0 Å². The van der Waals surface area contributed by atoms with Gasteiger partial charge in [-0.3, -0.25) is 4.79 Å². The Kier molecular flexibility index (Phi) is 4.92. The van der Waals surface area contributed by atoms with Gasteiger partial charge >= 0.3 is 5.97 Å². The fourth-order valence-electron chi connectivity index (χ4n) is 3.57. The van der Waals surface area contributed by atoms with Crippen molar-refractivity contribution in [3.8, 4) is 0 Å². The molecule has 0 radical (unpaired) electrons. The molecule has 2 atom stereocenters. The van der Waals surface area contributed by atoms with E-state index in [1.54, 1.807) is 19.2 Å². The third-order valence-electron chi connectivity index (χ3n) is 5.06. The average Bonchev–Trinajstić information content (AvgIpc) is 3.19. The number of thiazole rings is 1. The number of hydrogen-bond acceptors (Lipinski definition) is 8. The Bertz CT molecular complexity index is 1170. The van der Waals surface area contributed by atoms with E-state index < -0.39 is 23.7 Å². The van der Waals surface area contributed by atoms with Gasteiger partial charge in [0, 0.05) is 18.5 Å². The number of hydrogen-bond donors (Lipinski definition) is 5. The lowest BCUT2D eigenvalue weighted by Gasteiger charge is -2.42. The molecule has 1 aliphatic heterocycles. The number of aromatic carboxylic acids is 1. The topological polar surface area (TPSA) is 147 Å². The molecular formula is C19H19ClN6O3S. The zero-order chi connectivity index (χ0) is 21.6. The number of aromatic nitrogens is 1. The smallest absolute Gasteiger partial charge is 0.335 e. The van der Waals surface area contributed by atoms with Crippen molar-refractivity contribution in [2.45, 2.75) is 18.2 Å². The molecule has 4 rings (SSSR count). The maximum atomic E-state index is 11.6. The number of rotatable bonds is 6. The first-order chi connectivity index (χ1) is 14.2. The molecule has 30 heavy (non-hydrogen) atoms. The number of carboxylic acid groups (broad SMARTS) is 1. The first-order valence-corrected chi connectivity index (χ1v) is 10.2. The van der Waals surface area contributed by atoms with Gasteiger partial charge in [0.1, 0.15) is 0 Å². The number of nitrogens with zero attached hydrogens (tertiary/aromatic N) is 2. The van der Waals surface area contributed by atoms with Crippen LogP contribution in [0.2, 0.25) is 5.02 Å². The second kappa shape index (κ2) is 7.31. The summed E-state index contributed by atoms with van der Waals surface area (Å²) < 4.78 is 0.884. The Morgan fingerprint density at radius 2 is 2.13 bits per heavy atom. The van der Waals surface area contributed by atoms with Gasteiger partial charge in [-0.05, 0) is 36.4 Å². The Balaban J connectivity index is 1.77. The van der Waals surface area contributed by atoms with Crippen molar-refractivity contribution in [1.82, 2.24) is 4.98 Å². The minimum absolute atomic E-state index is 0.110. The normalized spacial score (nSPS) is 18.7. The number of benzene rings is 2. The van der Waals surface area contributed by atoms with E-state index in [9.17, 15) is 14.7 Å². The van der Waals surface area contributed by atoms with Gasteiger partial charge in [0.2, 0.25) is 11.7 Å². The van der Waals surface area contributed by atoms with Crippen molar-refractivity contribution >= 4 is 61.5 Å². The number of halogens is 1. The van der Waals surface area contributed by atoms with Gasteiger partial charge in [-0.1, -0.05) is 22.9 Å². The standard InChI is InChI=1S/C19H19ClN6O3S/c1-26-13-5-2-9(17(28)29)6-12(13)24-19(26,15(21)8-16(22)27)25-18-23-11-4-3-10(20)7-14(11)30-18/h2-7,15,24H,8,21H2,1H3,(H2,22,27)(H,23,25)(H,28,29). The van der Waals surface area contributed by atoms with Gasteiger partial charge in [0.15, 0.2) is 5.13 Å². The zero-order valence-corrected chi connectivity index (χ0v) is 17.4. The molecule has 11 heteroatoms. The Hall–Kier alpha value is -3.08. The number of carboxylic acids is 1. The van der Waals surface area contributed by atoms with Crippen LogP contribution in [0.5, 0.6) is 0 Å². The van der Waals surface area contributed by atoms with E-state index in [4.69, 9.17) is 23.1 Å². The molecule has 0 fully saturated rings. The first kappa shape index (κ1) is 20.2. The molecule has 3 aromatic rings. The van der Waals surface area contributed by atoms with E-state index in [1.165, 1.54) is 23.5 Å². The van der Waals surface area contributed by atoms with E-state index in [2.05, 4.69) is 15.6 Å².